The molecule has 0 bridgehead atoms. The van der Waals surface area contributed by atoms with E-state index in [1.807, 2.05) is 13.1 Å². The number of ether oxygens (including phenoxy) is 2. The second-order valence-corrected chi connectivity index (χ2v) is 12.5. The summed E-state index contributed by atoms with van der Waals surface area (Å²) in [5.41, 5.74) is -0.366. The molecule has 0 radical (unpaired) electrons. The quantitative estimate of drug-likeness (QED) is 0.126. The fourth-order valence-corrected chi connectivity index (χ4v) is 5.87. The van der Waals surface area contributed by atoms with E-state index in [0.29, 0.717) is 26.3 Å². The van der Waals surface area contributed by atoms with Crippen LogP contribution in [0.1, 0.15) is 87.0 Å². The number of nitrogens with zero attached hydrogens (tertiary/aromatic N) is 4. The van der Waals surface area contributed by atoms with E-state index in [1.54, 1.807) is 0 Å². The van der Waals surface area contributed by atoms with Crippen molar-refractivity contribution in [3.8, 4) is 5.88 Å². The number of hydrogen-bond acceptors (Lipinski definition) is 6. The Balaban J connectivity index is 1.58. The fraction of sp³-hybridized carbons (Fsp3) is 0.786. The Morgan fingerprint density at radius 2 is 1.66 bits per heavy atom. The van der Waals surface area contributed by atoms with E-state index in [1.165, 1.54) is 15.3 Å². The van der Waals surface area contributed by atoms with E-state index >= 15 is 0 Å². The van der Waals surface area contributed by atoms with E-state index in [-0.39, 0.29) is 28.6 Å². The van der Waals surface area contributed by atoms with Gasteiger partial charge in [-0.15, -0.1) is 12.6 Å². The van der Waals surface area contributed by atoms with Crippen molar-refractivity contribution in [2.24, 2.45) is 5.41 Å². The van der Waals surface area contributed by atoms with Crippen LogP contribution in [0.15, 0.2) is 22.2 Å². The van der Waals surface area contributed by atoms with Crippen LogP contribution < -0.4 is 5.69 Å². The van der Waals surface area contributed by atoms with Crippen LogP contribution in [0.5, 0.6) is 5.88 Å². The molecule has 2 aromatic heterocycles. The number of aryl methyl sites for hydroxylation is 2. The van der Waals surface area contributed by atoms with Gasteiger partial charge in [0.1, 0.15) is 0 Å². The molecular formula is C28H50N4O4S2. The molecule has 0 aliphatic heterocycles. The van der Waals surface area contributed by atoms with Gasteiger partial charge in [-0.1, -0.05) is 13.8 Å². The monoisotopic (exact) mass is 570 g/mol. The zero-order valence-electron chi connectivity index (χ0n) is 24.5. The predicted molar refractivity (Wildman–Crippen MR) is 159 cm³/mol. The van der Waals surface area contributed by atoms with Crippen LogP contribution in [-0.2, 0) is 34.6 Å². The predicted octanol–water partition coefficient (Wildman–Crippen LogP) is 6.24. The molecule has 0 spiro atoms. The number of thiol groups is 1. The first-order chi connectivity index (χ1) is 17.8. The molecule has 0 aliphatic rings. The van der Waals surface area contributed by atoms with Crippen LogP contribution in [0.25, 0.3) is 0 Å². The van der Waals surface area contributed by atoms with Crippen LogP contribution in [0.3, 0.4) is 0 Å². The molecule has 0 amide bonds. The smallest absolute Gasteiger partial charge is 0.331 e. The highest BCUT2D eigenvalue weighted by atomic mass is 32.1. The SMILES string of the molecule is CCn1cc(O)n(CC(C)(C)CCC(C)OCCCOCCCCC(C)(C)n2c(S)cn(CC)c2=S)c1=O. The maximum atomic E-state index is 12.4. The largest absolute Gasteiger partial charge is 0.493 e. The minimum absolute atomic E-state index is 0.0286. The lowest BCUT2D eigenvalue weighted by molar-refractivity contribution is 0.0306. The Morgan fingerprint density at radius 3 is 2.26 bits per heavy atom. The zero-order valence-corrected chi connectivity index (χ0v) is 26.2. The van der Waals surface area contributed by atoms with Crippen LogP contribution >= 0.6 is 24.8 Å². The van der Waals surface area contributed by atoms with Gasteiger partial charge in [0.15, 0.2) is 4.77 Å². The average molecular weight is 571 g/mol. The third-order valence-corrected chi connectivity index (χ3v) is 7.96. The second-order valence-electron chi connectivity index (χ2n) is 11.7. The number of unbranched alkanes of at least 4 members (excludes halogenated alkanes) is 1. The van der Waals surface area contributed by atoms with Gasteiger partial charge in [-0.25, -0.2) is 4.79 Å². The van der Waals surface area contributed by atoms with E-state index in [0.717, 1.165) is 61.5 Å². The Hall–Kier alpha value is -1.49. The molecule has 38 heavy (non-hydrogen) atoms. The van der Waals surface area contributed by atoms with Gasteiger partial charge in [-0.3, -0.25) is 9.13 Å². The van der Waals surface area contributed by atoms with Crippen LogP contribution in [0, 0.1) is 10.2 Å². The topological polar surface area (TPSA) is 75.5 Å². The minimum Gasteiger partial charge on any atom is -0.493 e. The third-order valence-electron chi connectivity index (χ3n) is 7.22. The summed E-state index contributed by atoms with van der Waals surface area (Å²) in [6.45, 7) is 18.8. The summed E-state index contributed by atoms with van der Waals surface area (Å²) in [6, 6.07) is 0. The van der Waals surface area contributed by atoms with Crippen molar-refractivity contribution in [2.75, 3.05) is 19.8 Å². The first kappa shape index (κ1) is 32.7. The van der Waals surface area contributed by atoms with Crippen molar-refractivity contribution >= 4 is 24.8 Å². The average Bonchev–Trinajstić information content (AvgIpc) is 3.30. The summed E-state index contributed by atoms with van der Waals surface area (Å²) in [5, 5.41) is 11.0. The van der Waals surface area contributed by atoms with E-state index in [2.05, 4.69) is 63.3 Å². The maximum absolute atomic E-state index is 12.4. The summed E-state index contributed by atoms with van der Waals surface area (Å²) in [5.74, 6) is 0.0286. The molecule has 2 heterocycles. The van der Waals surface area contributed by atoms with Gasteiger partial charge in [0, 0.05) is 51.2 Å². The number of rotatable bonds is 18. The van der Waals surface area contributed by atoms with Crippen molar-refractivity contribution in [3.63, 3.8) is 0 Å². The Bertz CT molecular complexity index is 1110. The molecule has 8 nitrogen and oxygen atoms in total. The van der Waals surface area contributed by atoms with Gasteiger partial charge in [0.05, 0.1) is 17.3 Å². The van der Waals surface area contributed by atoms with Gasteiger partial charge in [-0.05, 0) is 90.8 Å². The summed E-state index contributed by atoms with van der Waals surface area (Å²) in [7, 11) is 0. The van der Waals surface area contributed by atoms with Crippen molar-refractivity contribution in [1.82, 2.24) is 18.3 Å². The second kappa shape index (κ2) is 14.8. The van der Waals surface area contributed by atoms with Crippen molar-refractivity contribution < 1.29 is 14.6 Å². The number of hydrogen-bond donors (Lipinski definition) is 2. The zero-order chi connectivity index (χ0) is 28.5. The molecule has 0 fully saturated rings. The third kappa shape index (κ3) is 9.31. The molecule has 2 aromatic rings. The number of aromatic nitrogens is 4. The van der Waals surface area contributed by atoms with Crippen LogP contribution in [0.4, 0.5) is 0 Å². The molecule has 1 N–H and O–H groups in total. The Labute approximate surface area is 239 Å². The molecule has 10 heteroatoms. The summed E-state index contributed by atoms with van der Waals surface area (Å²) in [6.07, 6.45) is 9.41. The molecule has 2 rings (SSSR count). The lowest BCUT2D eigenvalue weighted by Crippen LogP contribution is -2.30. The van der Waals surface area contributed by atoms with Gasteiger partial charge >= 0.3 is 5.69 Å². The van der Waals surface area contributed by atoms with E-state index in [9.17, 15) is 9.90 Å². The first-order valence-corrected chi connectivity index (χ1v) is 14.9. The molecule has 1 atom stereocenters. The van der Waals surface area contributed by atoms with Gasteiger partial charge in [0.25, 0.3) is 0 Å². The molecule has 0 aliphatic carbocycles. The minimum atomic E-state index is -0.158. The summed E-state index contributed by atoms with van der Waals surface area (Å²) in [4.78, 5) is 12.4. The number of aromatic hydroxyl groups is 1. The van der Waals surface area contributed by atoms with E-state index < -0.39 is 0 Å². The van der Waals surface area contributed by atoms with Crippen molar-refractivity contribution in [2.45, 2.75) is 123 Å². The lowest BCUT2D eigenvalue weighted by atomic mass is 9.86. The fourth-order valence-electron chi connectivity index (χ4n) is 4.77. The van der Waals surface area contributed by atoms with Gasteiger partial charge in [0.2, 0.25) is 5.88 Å². The molecule has 1 unspecified atom stereocenters. The lowest BCUT2D eigenvalue weighted by Gasteiger charge is -2.28. The van der Waals surface area contributed by atoms with Crippen LogP contribution in [0.2, 0.25) is 0 Å². The maximum Gasteiger partial charge on any atom is 0.331 e. The molecule has 0 saturated carbocycles. The molecule has 0 saturated heterocycles. The Morgan fingerprint density at radius 1 is 1.00 bits per heavy atom. The highest BCUT2D eigenvalue weighted by Crippen LogP contribution is 2.28. The highest BCUT2D eigenvalue weighted by molar-refractivity contribution is 7.80. The van der Waals surface area contributed by atoms with E-state index in [4.69, 9.17) is 21.7 Å². The Kier molecular flexibility index (Phi) is 12.7. The normalized spacial score (nSPS) is 13.4. The summed E-state index contributed by atoms with van der Waals surface area (Å²) >= 11 is 10.3. The van der Waals surface area contributed by atoms with Gasteiger partial charge in [-0.2, -0.15) is 0 Å². The standard InChI is InChI=1S/C28H50N4O4S2/c1-8-29-19-23(33)31(25(29)34)21-27(4,5)15-13-22(3)36-18-12-17-35-16-11-10-14-28(6,7)32-24(37)20-30(9-2)26(32)38/h19-20,22,33,37H,8-18,21H2,1-7H3. The summed E-state index contributed by atoms with van der Waals surface area (Å²) < 4.78 is 19.9. The van der Waals surface area contributed by atoms with Crippen molar-refractivity contribution in [3.05, 3.63) is 27.6 Å². The molecular weight excluding hydrogens is 520 g/mol. The van der Waals surface area contributed by atoms with Crippen molar-refractivity contribution in [1.29, 1.82) is 0 Å². The first-order valence-electron chi connectivity index (χ1n) is 14.0. The molecule has 0 aromatic carbocycles. The highest BCUT2D eigenvalue weighted by Gasteiger charge is 2.24. The van der Waals surface area contributed by atoms with Gasteiger partial charge < -0.3 is 23.7 Å². The number of imidazole rings is 2. The molecule has 218 valence electrons. The van der Waals surface area contributed by atoms with Crippen LogP contribution in [-0.4, -0.2) is 49.3 Å².